The fraction of sp³-hybridized carbons (Fsp3) is 0.548. The highest BCUT2D eigenvalue weighted by Gasteiger charge is 2.82. The summed E-state index contributed by atoms with van der Waals surface area (Å²) in [7, 11) is 4.73. The van der Waals surface area contributed by atoms with Gasteiger partial charge in [-0.15, -0.1) is 0 Å². The van der Waals surface area contributed by atoms with Crippen LogP contribution in [0.25, 0.3) is 23.5 Å². The molecular formula is C62H75NO9. The molecule has 9 atom stereocenters. The molecule has 11 rings (SSSR count). The molecule has 0 saturated heterocycles. The number of fused-ring (bicyclic) bond motifs is 7. The van der Waals surface area contributed by atoms with Gasteiger partial charge in [-0.1, -0.05) is 58.4 Å². The van der Waals surface area contributed by atoms with Crippen molar-refractivity contribution < 1.29 is 42.7 Å². The van der Waals surface area contributed by atoms with E-state index in [-0.39, 0.29) is 30.0 Å². The van der Waals surface area contributed by atoms with Gasteiger partial charge in [0.05, 0.1) is 32.6 Å². The van der Waals surface area contributed by atoms with Crippen molar-refractivity contribution in [2.24, 2.45) is 50.7 Å². The number of carbonyl (C=O) groups excluding carboxylic acids is 2. The first-order valence-electron chi connectivity index (χ1n) is 26.8. The summed E-state index contributed by atoms with van der Waals surface area (Å²) in [5, 5.41) is 0. The van der Waals surface area contributed by atoms with Gasteiger partial charge in [0, 0.05) is 35.4 Å². The molecule has 0 radical (unpaired) electrons. The second kappa shape index (κ2) is 17.8. The quantitative estimate of drug-likeness (QED) is 0.0754. The Morgan fingerprint density at radius 3 is 2.32 bits per heavy atom. The van der Waals surface area contributed by atoms with E-state index in [0.29, 0.717) is 69.2 Å². The van der Waals surface area contributed by atoms with Crippen LogP contribution >= 0.6 is 0 Å². The maximum atomic E-state index is 14.1. The Kier molecular flexibility index (Phi) is 12.0. The van der Waals surface area contributed by atoms with Crippen LogP contribution < -0.4 is 28.4 Å². The van der Waals surface area contributed by atoms with Crippen molar-refractivity contribution in [2.45, 2.75) is 132 Å². The molecule has 0 aromatic heterocycles. The van der Waals surface area contributed by atoms with E-state index in [1.54, 1.807) is 32.4 Å². The van der Waals surface area contributed by atoms with Crippen LogP contribution in [0.3, 0.4) is 0 Å². The summed E-state index contributed by atoms with van der Waals surface area (Å²) < 4.78 is 41.3. The molecule has 3 aromatic rings. The normalized spacial score (nSPS) is 31.8. The number of ether oxygens (including phenoxy) is 7. The SMILES string of the molecule is COc1cc(/C=C/C(=O)OC2CCC34CC35CCC3(C)C(C(C)CCC=C(C)C)CC[C@@]3(C)[C@@H]5CC[C@H]4C2(C)C)ccc1OC(=O)/C=C1/c2c(ccc(OC)c2OC)C=C2c3cc4c(cc3CCN21)OCO4. The van der Waals surface area contributed by atoms with Gasteiger partial charge in [0.1, 0.15) is 6.10 Å². The molecule has 0 bridgehead atoms. The maximum Gasteiger partial charge on any atom is 0.338 e. The number of methoxy groups -OCH3 is 3. The number of carbonyl (C=O) groups is 2. The number of nitrogens with zero attached hydrogens (tertiary/aromatic N) is 1. The number of hydrogen-bond acceptors (Lipinski definition) is 10. The lowest BCUT2D eigenvalue weighted by Gasteiger charge is -2.63. The van der Waals surface area contributed by atoms with Gasteiger partial charge in [-0.3, -0.25) is 0 Å². The Bertz CT molecular complexity index is 2830. The molecule has 72 heavy (non-hydrogen) atoms. The predicted octanol–water partition coefficient (Wildman–Crippen LogP) is 13.5. The number of allylic oxidation sites excluding steroid dienone is 2. The Hall–Kier alpha value is -5.64. The molecule has 2 spiro atoms. The molecule has 0 N–H and O–H groups in total. The predicted molar refractivity (Wildman–Crippen MR) is 281 cm³/mol. The molecule has 5 fully saturated rings. The van der Waals surface area contributed by atoms with E-state index in [2.05, 4.69) is 65.5 Å². The lowest BCUT2D eigenvalue weighted by molar-refractivity contribution is -0.179. The molecule has 10 nitrogen and oxygen atoms in total. The molecule has 382 valence electrons. The van der Waals surface area contributed by atoms with Crippen LogP contribution in [-0.2, 0) is 20.7 Å². The molecule has 5 saturated carbocycles. The van der Waals surface area contributed by atoms with Gasteiger partial charge in [-0.2, -0.15) is 0 Å². The lowest BCUT2D eigenvalue weighted by atomic mass is 9.41. The van der Waals surface area contributed by atoms with Gasteiger partial charge in [0.25, 0.3) is 0 Å². The smallest absolute Gasteiger partial charge is 0.338 e. The third-order valence-corrected chi connectivity index (χ3v) is 20.5. The summed E-state index contributed by atoms with van der Waals surface area (Å²) >= 11 is 0. The summed E-state index contributed by atoms with van der Waals surface area (Å²) in [6.07, 6.45) is 23.9. The van der Waals surface area contributed by atoms with E-state index in [1.807, 2.05) is 30.3 Å². The number of esters is 2. The molecule has 0 amide bonds. The zero-order chi connectivity index (χ0) is 50.5. The second-order valence-electron chi connectivity index (χ2n) is 24.0. The van der Waals surface area contributed by atoms with Crippen molar-refractivity contribution in [3.05, 3.63) is 94.1 Å². The third kappa shape index (κ3) is 7.44. The van der Waals surface area contributed by atoms with Crippen LogP contribution in [0, 0.1) is 50.7 Å². The molecule has 8 aliphatic rings. The first-order valence-corrected chi connectivity index (χ1v) is 26.8. The van der Waals surface area contributed by atoms with Crippen LogP contribution in [-0.4, -0.2) is 57.6 Å². The minimum atomic E-state index is -0.592. The highest BCUT2D eigenvalue weighted by molar-refractivity contribution is 6.03. The summed E-state index contributed by atoms with van der Waals surface area (Å²) in [5.41, 5.74) is 8.95. The molecular weight excluding hydrogens is 903 g/mol. The average Bonchev–Trinajstić information content (AvgIpc) is 3.63. The van der Waals surface area contributed by atoms with Crippen molar-refractivity contribution >= 4 is 35.5 Å². The lowest BCUT2D eigenvalue weighted by Crippen LogP contribution is -2.58. The highest BCUT2D eigenvalue weighted by Crippen LogP contribution is 2.89. The third-order valence-electron chi connectivity index (χ3n) is 20.5. The minimum Gasteiger partial charge on any atom is -0.493 e. The summed E-state index contributed by atoms with van der Waals surface area (Å²) in [4.78, 5) is 29.9. The van der Waals surface area contributed by atoms with Gasteiger partial charge >= 0.3 is 11.9 Å². The molecule has 6 unspecified atom stereocenters. The highest BCUT2D eigenvalue weighted by atomic mass is 16.7. The first kappa shape index (κ1) is 48.6. The second-order valence-corrected chi connectivity index (χ2v) is 24.0. The summed E-state index contributed by atoms with van der Waals surface area (Å²) in [6.45, 7) is 18.0. The standard InChI is InChI=1S/C62H75NO9/c1-37(2)12-11-13-38(3)43-22-25-60(7)52-20-19-51-58(4,5)53(23-26-61(51)35-62(52,61)28-27-59(43,60)6)72-54(64)21-15-39-14-17-46(48(30-39)67-9)71-55(65)34-45-56-41(16-18-47(66-8)57(56)68-10)31-44-42-33-50-49(69-36-70-50)32-40(42)24-29-63(44)45/h12,14-18,21,30-34,38,43,51-53H,11,13,19-20,22-29,35-36H2,1-10H3/b21-15+,45-34-/t38?,43?,51-,52-,53?,59?,60-,61?,62?/m0/s1. The van der Waals surface area contributed by atoms with Crippen molar-refractivity contribution in [2.75, 3.05) is 34.7 Å². The minimum absolute atomic E-state index is 0.114. The zero-order valence-electron chi connectivity index (χ0n) is 44.3. The van der Waals surface area contributed by atoms with Crippen LogP contribution in [0.1, 0.15) is 147 Å². The summed E-state index contributed by atoms with van der Waals surface area (Å²) in [5.74, 6) is 5.10. The van der Waals surface area contributed by atoms with E-state index in [4.69, 9.17) is 33.2 Å². The Morgan fingerprint density at radius 1 is 0.806 bits per heavy atom. The maximum absolute atomic E-state index is 14.1. The number of rotatable bonds is 12. The first-order chi connectivity index (χ1) is 34.5. The Balaban J connectivity index is 0.764. The molecule has 3 heterocycles. The Labute approximate surface area is 427 Å². The van der Waals surface area contributed by atoms with E-state index in [9.17, 15) is 9.59 Å². The van der Waals surface area contributed by atoms with Gasteiger partial charge < -0.3 is 38.1 Å². The van der Waals surface area contributed by atoms with E-state index in [0.717, 1.165) is 69.9 Å². The van der Waals surface area contributed by atoms with Crippen molar-refractivity contribution in [1.29, 1.82) is 0 Å². The van der Waals surface area contributed by atoms with Gasteiger partial charge in [0.2, 0.25) is 6.79 Å². The van der Waals surface area contributed by atoms with Gasteiger partial charge in [-0.25, -0.2) is 9.59 Å². The van der Waals surface area contributed by atoms with E-state index < -0.39 is 5.97 Å². The van der Waals surface area contributed by atoms with Crippen LogP contribution in [0.5, 0.6) is 34.5 Å². The number of hydrogen-bond donors (Lipinski definition) is 0. The molecule has 10 heteroatoms. The zero-order valence-corrected chi connectivity index (χ0v) is 44.3. The van der Waals surface area contributed by atoms with E-state index in [1.165, 1.54) is 82.6 Å². The fourth-order valence-electron chi connectivity index (χ4n) is 16.9. The Morgan fingerprint density at radius 2 is 1.56 bits per heavy atom. The molecule has 3 aromatic carbocycles. The van der Waals surface area contributed by atoms with Gasteiger partial charge in [0.15, 0.2) is 34.5 Å². The molecule has 5 aliphatic carbocycles. The van der Waals surface area contributed by atoms with Gasteiger partial charge in [-0.05, 0) is 195 Å². The summed E-state index contributed by atoms with van der Waals surface area (Å²) in [6, 6.07) is 13.2. The fourth-order valence-corrected chi connectivity index (χ4v) is 16.9. The number of benzene rings is 3. The monoisotopic (exact) mass is 978 g/mol. The topological polar surface area (TPSA) is 102 Å². The average molecular weight is 978 g/mol. The largest absolute Gasteiger partial charge is 0.493 e. The van der Waals surface area contributed by atoms with Crippen LogP contribution in [0.2, 0.25) is 0 Å². The van der Waals surface area contributed by atoms with Crippen molar-refractivity contribution in [3.8, 4) is 34.5 Å². The van der Waals surface area contributed by atoms with Crippen LogP contribution in [0.4, 0.5) is 0 Å². The van der Waals surface area contributed by atoms with Crippen molar-refractivity contribution in [3.63, 3.8) is 0 Å². The van der Waals surface area contributed by atoms with Crippen LogP contribution in [0.15, 0.2) is 66.3 Å². The van der Waals surface area contributed by atoms with Crippen molar-refractivity contribution in [1.82, 2.24) is 4.90 Å². The van der Waals surface area contributed by atoms with E-state index >= 15 is 0 Å². The molecule has 3 aliphatic heterocycles.